The van der Waals surface area contributed by atoms with Crippen LogP contribution < -0.4 is 21.9 Å². The van der Waals surface area contributed by atoms with E-state index < -0.39 is 32.2 Å². The Morgan fingerprint density at radius 1 is 0.976 bits per heavy atom. The molecule has 5 atom stereocenters. The molecule has 2 saturated heterocycles. The molecule has 1 unspecified atom stereocenters. The number of nitrogens with two attached hydrogens (primary N) is 2. The van der Waals surface area contributed by atoms with Gasteiger partial charge in [0.15, 0.2) is 29.6 Å². The maximum absolute atomic E-state index is 12.1. The SMILES string of the molecule is CP(C)(=O)[C@@H]1CC[C@H](Cn2cnc3c(Cl)nc(N)nc32)O1.Nc1nc2c(ncn2C[C@H]2CC[C@@H](P(=O)([O-])O)O2)c(=O)[nH]1. The van der Waals surface area contributed by atoms with Crippen LogP contribution in [0.3, 0.4) is 0 Å². The standard InChI is InChI=1S/C12H17ClN5O2P.C10H14N5O5P/c1-21(2,19)8-4-3-7(20-8)5-18-6-15-9-10(13)16-12(14)17-11(9)18;11-10-13-8-7(9(16)14-10)12-4-15(8)3-5-1-2-6(20-5)21(17,18)19/h6-8H,3-5H2,1-2H3,(H2,14,16,17);4-6H,1-3H2,(H2,17,18,19)(H3,11,13,14,16)/p-1/t7-,8-;5-,6-/m11/s1. The summed E-state index contributed by atoms with van der Waals surface area (Å²) in [6, 6.07) is 0. The number of aromatic nitrogens is 8. The normalized spacial score (nSPS) is 24.1. The van der Waals surface area contributed by atoms with Crippen molar-refractivity contribution in [3.05, 3.63) is 28.2 Å². The van der Waals surface area contributed by atoms with Crippen LogP contribution in [0.2, 0.25) is 5.15 Å². The summed E-state index contributed by atoms with van der Waals surface area (Å²) >= 11 is 6.00. The van der Waals surface area contributed by atoms with Gasteiger partial charge < -0.3 is 49.0 Å². The van der Waals surface area contributed by atoms with Crippen molar-refractivity contribution in [1.29, 1.82) is 0 Å². The number of halogens is 1. The maximum Gasteiger partial charge on any atom is 0.280 e. The lowest BCUT2D eigenvalue weighted by Gasteiger charge is -2.23. The monoisotopic (exact) mass is 643 g/mol. The summed E-state index contributed by atoms with van der Waals surface area (Å²) < 4.78 is 37.7. The number of nitrogen functional groups attached to an aromatic ring is 2. The number of hydrogen-bond donors (Lipinski definition) is 4. The van der Waals surface area contributed by atoms with Gasteiger partial charge in [-0.05, 0) is 39.0 Å². The fourth-order valence-corrected chi connectivity index (χ4v) is 7.20. The topological polar surface area (TPSA) is 255 Å². The largest absolute Gasteiger partial charge is 0.777 e. The van der Waals surface area contributed by atoms with Crippen molar-refractivity contribution in [2.75, 3.05) is 24.8 Å². The molecule has 2 fully saturated rings. The highest BCUT2D eigenvalue weighted by Gasteiger charge is 2.34. The van der Waals surface area contributed by atoms with Gasteiger partial charge in [0, 0.05) is 0 Å². The van der Waals surface area contributed by atoms with Gasteiger partial charge in [-0.2, -0.15) is 15.0 Å². The van der Waals surface area contributed by atoms with Gasteiger partial charge in [-0.3, -0.25) is 9.78 Å². The van der Waals surface area contributed by atoms with Gasteiger partial charge in [0.1, 0.15) is 24.3 Å². The average molecular weight is 644 g/mol. The molecule has 2 aliphatic heterocycles. The molecule has 2 aliphatic rings. The fourth-order valence-electron chi connectivity index (χ4n) is 4.94. The lowest BCUT2D eigenvalue weighted by molar-refractivity contribution is -0.204. The molecule has 0 bridgehead atoms. The number of ether oxygens (including phenoxy) is 2. The van der Waals surface area contributed by atoms with Crippen LogP contribution in [-0.2, 0) is 31.7 Å². The Hall–Kier alpha value is -2.91. The van der Waals surface area contributed by atoms with E-state index in [1.165, 1.54) is 6.33 Å². The predicted molar refractivity (Wildman–Crippen MR) is 152 cm³/mol. The summed E-state index contributed by atoms with van der Waals surface area (Å²) in [7, 11) is -6.71. The van der Waals surface area contributed by atoms with Gasteiger partial charge in [-0.25, -0.2) is 9.97 Å². The smallest absolute Gasteiger partial charge is 0.280 e. The van der Waals surface area contributed by atoms with Gasteiger partial charge in [-0.1, -0.05) is 11.6 Å². The van der Waals surface area contributed by atoms with E-state index in [1.807, 2.05) is 4.57 Å². The second-order valence-corrected chi connectivity index (χ2v) is 16.0. The Labute approximate surface area is 243 Å². The number of aromatic amines is 1. The first-order valence-corrected chi connectivity index (χ1v) is 17.6. The molecule has 6 heterocycles. The molecule has 6 N–H and O–H groups in total. The Kier molecular flexibility index (Phi) is 8.47. The van der Waals surface area contributed by atoms with E-state index in [9.17, 15) is 18.8 Å². The van der Waals surface area contributed by atoms with Crippen LogP contribution in [0.4, 0.5) is 11.9 Å². The van der Waals surface area contributed by atoms with Crippen LogP contribution in [0.25, 0.3) is 22.3 Å². The zero-order valence-electron chi connectivity index (χ0n) is 22.7. The molecule has 42 heavy (non-hydrogen) atoms. The molecular formula is C22H30ClN10O7P2-. The molecule has 6 rings (SSSR count). The number of nitrogens with one attached hydrogen (secondary N) is 1. The zero-order chi connectivity index (χ0) is 30.4. The quantitative estimate of drug-likeness (QED) is 0.168. The number of rotatable bonds is 6. The van der Waals surface area contributed by atoms with E-state index in [4.69, 9.17) is 37.4 Å². The fraction of sp³-hybridized carbons (Fsp3) is 0.545. The van der Waals surface area contributed by atoms with E-state index in [0.29, 0.717) is 29.8 Å². The van der Waals surface area contributed by atoms with Crippen molar-refractivity contribution in [3.8, 4) is 0 Å². The van der Waals surface area contributed by atoms with Crippen molar-refractivity contribution in [2.24, 2.45) is 0 Å². The number of H-pyrrole nitrogens is 1. The summed E-state index contributed by atoms with van der Waals surface area (Å²) in [6.07, 6.45) is 5.03. The molecule has 0 spiro atoms. The van der Waals surface area contributed by atoms with Crippen LogP contribution in [0.15, 0.2) is 17.4 Å². The van der Waals surface area contributed by atoms with Crippen LogP contribution in [0, 0.1) is 0 Å². The first-order chi connectivity index (χ1) is 19.7. The number of fused-ring (bicyclic) bond motifs is 2. The highest BCUT2D eigenvalue weighted by molar-refractivity contribution is 7.62. The summed E-state index contributed by atoms with van der Waals surface area (Å²) in [5.74, 6) is -1.25. The minimum atomic E-state index is -4.49. The highest BCUT2D eigenvalue weighted by atomic mass is 35.5. The van der Waals surface area contributed by atoms with Gasteiger partial charge in [-0.15, -0.1) is 0 Å². The Balaban J connectivity index is 0.000000168. The average Bonchev–Trinajstić information content (AvgIpc) is 3.67. The van der Waals surface area contributed by atoms with Crippen molar-refractivity contribution in [1.82, 2.24) is 39.0 Å². The molecule has 4 aromatic heterocycles. The van der Waals surface area contributed by atoms with Crippen LogP contribution in [0.5, 0.6) is 0 Å². The van der Waals surface area contributed by atoms with Crippen molar-refractivity contribution in [2.45, 2.75) is 62.7 Å². The first kappa shape index (κ1) is 30.5. The van der Waals surface area contributed by atoms with Crippen molar-refractivity contribution in [3.63, 3.8) is 0 Å². The van der Waals surface area contributed by atoms with Crippen molar-refractivity contribution >= 4 is 60.6 Å². The van der Waals surface area contributed by atoms with Crippen LogP contribution >= 0.6 is 26.3 Å². The molecule has 0 radical (unpaired) electrons. The second-order valence-electron chi connectivity index (χ2n) is 10.5. The zero-order valence-corrected chi connectivity index (χ0v) is 25.2. The highest BCUT2D eigenvalue weighted by Crippen LogP contribution is 2.49. The third kappa shape index (κ3) is 6.67. The van der Waals surface area contributed by atoms with Gasteiger partial charge in [0.05, 0.1) is 38.0 Å². The molecule has 17 nitrogen and oxygen atoms in total. The van der Waals surface area contributed by atoms with Gasteiger partial charge in [0.25, 0.3) is 5.56 Å². The third-order valence-corrected chi connectivity index (χ3v) is 10.1. The number of nitrogens with zero attached hydrogens (tertiary/aromatic N) is 7. The van der Waals surface area contributed by atoms with E-state index in [0.717, 1.165) is 12.8 Å². The summed E-state index contributed by atoms with van der Waals surface area (Å²) in [5.41, 5.74) is 12.2. The van der Waals surface area contributed by atoms with E-state index in [-0.39, 0.29) is 47.5 Å². The predicted octanol–water partition coefficient (Wildman–Crippen LogP) is 0.942. The molecule has 20 heteroatoms. The molecule has 0 aliphatic carbocycles. The lowest BCUT2D eigenvalue weighted by Crippen LogP contribution is -2.21. The van der Waals surface area contributed by atoms with E-state index in [1.54, 1.807) is 24.2 Å². The number of hydrogen-bond acceptors (Lipinski definition) is 13. The molecule has 0 aromatic carbocycles. The van der Waals surface area contributed by atoms with E-state index >= 15 is 0 Å². The minimum Gasteiger partial charge on any atom is -0.777 e. The number of imidazole rings is 2. The molecule has 4 aromatic rings. The molecule has 0 amide bonds. The van der Waals surface area contributed by atoms with Crippen LogP contribution in [-0.4, -0.2) is 81.2 Å². The molecular weight excluding hydrogens is 614 g/mol. The Bertz CT molecular complexity index is 1770. The minimum absolute atomic E-state index is 0.00408. The Morgan fingerprint density at radius 2 is 1.52 bits per heavy atom. The summed E-state index contributed by atoms with van der Waals surface area (Å²) in [5, 5.41) is 0.244. The summed E-state index contributed by atoms with van der Waals surface area (Å²) in [6.45, 7) is 4.38. The maximum atomic E-state index is 12.1. The Morgan fingerprint density at radius 3 is 2.07 bits per heavy atom. The molecule has 228 valence electrons. The third-order valence-electron chi connectivity index (χ3n) is 6.96. The number of anilines is 2. The van der Waals surface area contributed by atoms with E-state index in [2.05, 4.69) is 29.9 Å². The first-order valence-electron chi connectivity index (χ1n) is 12.9. The molecule has 0 saturated carbocycles. The van der Waals surface area contributed by atoms with Gasteiger partial charge in [0.2, 0.25) is 11.9 Å². The summed E-state index contributed by atoms with van der Waals surface area (Å²) in [4.78, 5) is 54.2. The van der Waals surface area contributed by atoms with Crippen molar-refractivity contribution < 1.29 is 28.4 Å². The lowest BCUT2D eigenvalue weighted by atomic mass is 10.2. The second kappa shape index (κ2) is 11.6. The van der Waals surface area contributed by atoms with Gasteiger partial charge >= 0.3 is 0 Å². The van der Waals surface area contributed by atoms with Crippen LogP contribution in [0.1, 0.15) is 25.7 Å².